The van der Waals surface area contributed by atoms with Gasteiger partial charge in [0.1, 0.15) is 179 Å². The number of aliphatic hydroxyl groups excluding tert-OH is 18. The molecule has 0 aliphatic carbocycles. The Hall–Kier alpha value is -7.42. The maximum atomic E-state index is 15.5. The molecule has 0 radical (unpaired) electrons. The second-order valence-electron chi connectivity index (χ2n) is 26.6. The Morgan fingerprint density at radius 2 is 0.673 bits per heavy atom. The van der Waals surface area contributed by atoms with Gasteiger partial charge in [0.05, 0.1) is 38.6 Å². The maximum absolute atomic E-state index is 15.5. The summed E-state index contributed by atoms with van der Waals surface area (Å²) in [5, 5.41) is 262. The first kappa shape index (κ1) is 79.1. The molecule has 40 nitrogen and oxygen atoms in total. The summed E-state index contributed by atoms with van der Waals surface area (Å²) in [5.74, 6) is -8.21. The van der Waals surface area contributed by atoms with Gasteiger partial charge in [0.15, 0.2) is 48.9 Å². The van der Waals surface area contributed by atoms with Crippen LogP contribution in [0.1, 0.15) is 25.0 Å². The number of phenolic OH excluding ortho intramolecular Hbond substituents is 6. The molecule has 6 aliphatic rings. The van der Waals surface area contributed by atoms with Gasteiger partial charge in [-0.15, -0.1) is 0 Å². The van der Waals surface area contributed by atoms with Gasteiger partial charge < -0.3 is 188 Å². The van der Waals surface area contributed by atoms with E-state index in [4.69, 9.17) is 65.7 Å². The summed E-state index contributed by atoms with van der Waals surface area (Å²) in [6, 6.07) is 10.2. The van der Waals surface area contributed by atoms with Crippen LogP contribution in [0.15, 0.2) is 79.1 Å². The van der Waals surface area contributed by atoms with E-state index in [1.807, 2.05) is 0 Å². The number of aromatic hydroxyl groups is 6. The van der Waals surface area contributed by atoms with Crippen molar-refractivity contribution in [2.45, 2.75) is 205 Å². The minimum atomic E-state index is -2.32. The van der Waals surface area contributed by atoms with E-state index in [9.17, 15) is 123 Å². The summed E-state index contributed by atoms with van der Waals surface area (Å²) in [7, 11) is 0. The van der Waals surface area contributed by atoms with Crippen LogP contribution < -0.4 is 20.3 Å². The van der Waals surface area contributed by atoms with Gasteiger partial charge >= 0.3 is 0 Å². The molecule has 8 heterocycles. The molecule has 6 saturated heterocycles. The molecule has 0 amide bonds. The van der Waals surface area contributed by atoms with Crippen LogP contribution >= 0.6 is 0 Å². The quantitative estimate of drug-likeness (QED) is 0.0338. The zero-order valence-corrected chi connectivity index (χ0v) is 55.9. The first-order valence-corrected chi connectivity index (χ1v) is 33.3. The van der Waals surface area contributed by atoms with E-state index in [1.165, 1.54) is 13.8 Å². The smallest absolute Gasteiger partial charge is 0.239 e. The monoisotopic (exact) mass is 1520 g/mol. The Morgan fingerprint density at radius 1 is 0.355 bits per heavy atom. The fraction of sp³-hybridized carbons (Fsp3) is 0.552. The Labute approximate surface area is 600 Å². The summed E-state index contributed by atoms with van der Waals surface area (Å²) >= 11 is 0. The van der Waals surface area contributed by atoms with Gasteiger partial charge in [-0.25, -0.2) is 0 Å². The standard InChI is InChI=1S/C67H80O40/c1-18-36(76)44(84)50(90)62(96-18)94-16-32-40(80)48(88)60(106-64-52(92)46(86)38(78)30(14-68)98-64)66(100-32)104-58-42(82)34-28(74)12-26(72)24(56(34)102-54(58)20-3-7-22(70)8-4-20)11-25-27(73)13-29(75)35-43(83)59(55(103-57(25)35)21-5-9-23(71)10-6-21)105-67-61(107-65-53(93)47(87)39(79)31(15-69)99-65)49(89)41(81)33(101-67)17-95-63-51(91)45(85)37(77)19(2)97-63/h3-10,12-13,18-19,30-33,36-41,44-53,60-81,84-93H,11,14-17H2,1-2H3/t18-,19-,30+,31+,32+,33+,36-,37-,38+,39+,40+,41+,44+,45+,46-,47-,48-,49-,50+,51+,52+,53+,60+,61+,62+,63+,64-,65-,66-,67-/m0/s1. The van der Waals surface area contributed by atoms with Crippen molar-refractivity contribution in [1.29, 1.82) is 0 Å². The number of aliphatic hydroxyl groups is 18. The lowest BCUT2D eigenvalue weighted by Crippen LogP contribution is -2.65. The first-order valence-electron chi connectivity index (χ1n) is 33.3. The molecule has 4 aromatic carbocycles. The number of benzene rings is 4. The second-order valence-corrected chi connectivity index (χ2v) is 26.6. The fourth-order valence-electron chi connectivity index (χ4n) is 13.2. The third-order valence-corrected chi connectivity index (χ3v) is 19.5. The highest BCUT2D eigenvalue weighted by atomic mass is 16.8. The minimum absolute atomic E-state index is 0.197. The highest BCUT2D eigenvalue weighted by molar-refractivity contribution is 5.94. The van der Waals surface area contributed by atoms with Gasteiger partial charge in [-0.3, -0.25) is 9.59 Å². The maximum Gasteiger partial charge on any atom is 0.239 e. The van der Waals surface area contributed by atoms with Crippen LogP contribution in [-0.4, -0.2) is 333 Å². The summed E-state index contributed by atoms with van der Waals surface area (Å²) in [6.07, 6.45) is -59.2. The highest BCUT2D eigenvalue weighted by Gasteiger charge is 2.56. The average Bonchev–Trinajstić information content (AvgIpc) is 0.736. The highest BCUT2D eigenvalue weighted by Crippen LogP contribution is 2.46. The topological polar surface area (TPSA) is 657 Å². The van der Waals surface area contributed by atoms with Crippen molar-refractivity contribution >= 4 is 21.9 Å². The lowest BCUT2D eigenvalue weighted by Gasteiger charge is -2.46. The van der Waals surface area contributed by atoms with Gasteiger partial charge in [-0.05, 0) is 62.4 Å². The molecular formula is C67H80O40. The molecular weight excluding hydrogens is 1440 g/mol. The van der Waals surface area contributed by atoms with E-state index in [0.717, 1.165) is 48.5 Å². The average molecular weight is 1530 g/mol. The first-order chi connectivity index (χ1) is 50.7. The predicted octanol–water partition coefficient (Wildman–Crippen LogP) is -7.23. The molecule has 2 aromatic heterocycles. The summed E-state index contributed by atoms with van der Waals surface area (Å²) in [5.41, 5.74) is -5.89. The van der Waals surface area contributed by atoms with Crippen LogP contribution in [0.3, 0.4) is 0 Å². The van der Waals surface area contributed by atoms with Gasteiger partial charge in [0.2, 0.25) is 34.9 Å². The number of ether oxygens (including phenoxy) is 12. The van der Waals surface area contributed by atoms with Crippen LogP contribution in [-0.2, 0) is 53.8 Å². The van der Waals surface area contributed by atoms with E-state index in [-0.39, 0.29) is 22.6 Å². The largest absolute Gasteiger partial charge is 0.508 e. The molecule has 0 bridgehead atoms. The van der Waals surface area contributed by atoms with Crippen molar-refractivity contribution in [3.05, 3.63) is 92.2 Å². The third kappa shape index (κ3) is 15.1. The SMILES string of the molecule is C[C@@H]1O[C@@H](OC[C@H]2O[C@@H](Oc3c(-c4ccc(O)cc4)oc4c(Cc5c(O)cc(O)c6c(=O)c(O[C@@H]7O[C@H](CO[C@@H]8O[C@@H](C)[C@H](O)[C@@H](O)[C@H]8O)[C@@H](O)[C@H](O)[C@H]7O[C@@H]7O[C@H](CO)[C@@H](O)[C@H](O)[C@H]7O)c(-c7ccc(O)cc7)oc56)c(O)cc(O)c4c3=O)[C@H](O[C@@H]3O[C@H](CO)[C@@H](O)[C@H](O)[C@H]3O)[C@@H](O)[C@@H]2O)[C@H](O)[C@H](O)[C@H]1O. The second kappa shape index (κ2) is 31.9. The molecule has 0 spiro atoms. The van der Waals surface area contributed by atoms with E-state index in [0.29, 0.717) is 12.1 Å². The van der Waals surface area contributed by atoms with Gasteiger partial charge in [-0.1, -0.05) is 0 Å². The molecule has 0 unspecified atom stereocenters. The lowest BCUT2D eigenvalue weighted by atomic mass is 9.96. The van der Waals surface area contributed by atoms with Crippen molar-refractivity contribution in [2.75, 3.05) is 26.4 Å². The number of hydrogen-bond acceptors (Lipinski definition) is 40. The van der Waals surface area contributed by atoms with Crippen molar-refractivity contribution < 1.29 is 188 Å². The summed E-state index contributed by atoms with van der Waals surface area (Å²) in [4.78, 5) is 31.1. The van der Waals surface area contributed by atoms with Crippen molar-refractivity contribution in [3.63, 3.8) is 0 Å². The predicted molar refractivity (Wildman–Crippen MR) is 345 cm³/mol. The molecule has 40 heteroatoms. The molecule has 6 aliphatic heterocycles. The Balaban J connectivity index is 0.964. The van der Waals surface area contributed by atoms with Gasteiger partial charge in [0.25, 0.3) is 0 Å². The molecule has 6 aromatic rings. The molecule has 588 valence electrons. The summed E-state index contributed by atoms with van der Waals surface area (Å²) < 4.78 is 83.0. The zero-order chi connectivity index (χ0) is 77.4. The molecule has 12 rings (SSSR count). The molecule has 107 heavy (non-hydrogen) atoms. The van der Waals surface area contributed by atoms with Crippen LogP contribution in [0.2, 0.25) is 0 Å². The van der Waals surface area contributed by atoms with Gasteiger partial charge in [0, 0.05) is 40.8 Å². The Morgan fingerprint density at radius 3 is 1.02 bits per heavy atom. The third-order valence-electron chi connectivity index (χ3n) is 19.5. The number of rotatable bonds is 20. The van der Waals surface area contributed by atoms with Gasteiger partial charge in [-0.2, -0.15) is 0 Å². The Kier molecular flexibility index (Phi) is 23.6. The molecule has 0 saturated carbocycles. The van der Waals surface area contributed by atoms with Crippen molar-refractivity contribution in [2.24, 2.45) is 0 Å². The van der Waals surface area contributed by atoms with Crippen LogP contribution in [0.4, 0.5) is 0 Å². The lowest BCUT2D eigenvalue weighted by molar-refractivity contribution is -0.362. The fourth-order valence-corrected chi connectivity index (χ4v) is 13.2. The van der Waals surface area contributed by atoms with E-state index in [2.05, 4.69) is 0 Å². The van der Waals surface area contributed by atoms with Crippen LogP contribution in [0.5, 0.6) is 46.0 Å². The molecule has 24 N–H and O–H groups in total. The minimum Gasteiger partial charge on any atom is -0.508 e. The molecule has 30 atom stereocenters. The summed E-state index contributed by atoms with van der Waals surface area (Å²) in [6.45, 7) is -1.09. The zero-order valence-electron chi connectivity index (χ0n) is 55.9. The van der Waals surface area contributed by atoms with E-state index >= 15 is 9.59 Å². The molecule has 6 fully saturated rings. The number of fused-ring (bicyclic) bond motifs is 2. The van der Waals surface area contributed by atoms with E-state index < -0.39 is 307 Å². The van der Waals surface area contributed by atoms with Crippen LogP contribution in [0.25, 0.3) is 44.6 Å². The Bertz CT molecular complexity index is 3950. The number of hydrogen-bond donors (Lipinski definition) is 24. The van der Waals surface area contributed by atoms with Crippen molar-refractivity contribution in [1.82, 2.24) is 0 Å². The van der Waals surface area contributed by atoms with Crippen molar-refractivity contribution in [3.8, 4) is 68.6 Å². The normalized spacial score (nSPS) is 37.8. The number of phenols is 6. The van der Waals surface area contributed by atoms with E-state index in [1.54, 1.807) is 0 Å². The van der Waals surface area contributed by atoms with Crippen LogP contribution in [0, 0.1) is 0 Å².